The number of nitrogen functional groups attached to an aromatic ring is 1. The van der Waals surface area contributed by atoms with Gasteiger partial charge >= 0.3 is 0 Å². The Hall–Kier alpha value is -0.550. The van der Waals surface area contributed by atoms with Gasteiger partial charge in [-0.25, -0.2) is 8.42 Å². The molecule has 1 aromatic rings. The lowest BCUT2D eigenvalue weighted by Gasteiger charge is -2.08. The van der Waals surface area contributed by atoms with Crippen LogP contribution in [0.3, 0.4) is 0 Å². The predicted molar refractivity (Wildman–Crippen MR) is 93.2 cm³/mol. The molecule has 3 nitrogen and oxygen atoms in total. The maximum absolute atomic E-state index is 12.2. The van der Waals surface area contributed by atoms with Gasteiger partial charge in [-0.2, -0.15) is 0 Å². The minimum absolute atomic E-state index is 0.188. The van der Waals surface area contributed by atoms with Crippen LogP contribution in [-0.2, 0) is 9.84 Å². The molecule has 0 unspecified atom stereocenters. The van der Waals surface area contributed by atoms with Crippen molar-refractivity contribution in [1.82, 2.24) is 0 Å². The van der Waals surface area contributed by atoms with Crippen LogP contribution < -0.4 is 5.73 Å². The molecule has 0 aliphatic rings. The zero-order valence-electron chi connectivity index (χ0n) is 12.8. The van der Waals surface area contributed by atoms with Crippen LogP contribution in [0.5, 0.6) is 0 Å². The number of hydrogen-bond donors (Lipinski definition) is 1. The van der Waals surface area contributed by atoms with Gasteiger partial charge in [0.15, 0.2) is 9.84 Å². The van der Waals surface area contributed by atoms with Gasteiger partial charge in [0.25, 0.3) is 0 Å². The molecule has 0 atom stereocenters. The molecule has 0 aliphatic heterocycles. The summed E-state index contributed by atoms with van der Waals surface area (Å²) in [7, 11) is -3.25. The number of anilines is 1. The minimum atomic E-state index is -3.25. The molecule has 0 spiro atoms. The Kier molecular flexibility index (Phi) is 8.34. The Bertz CT molecular complexity index is 529. The summed E-state index contributed by atoms with van der Waals surface area (Å²) in [5, 5.41) is 0. The second-order valence-electron chi connectivity index (χ2n) is 5.48. The molecule has 0 heterocycles. The first-order chi connectivity index (χ1) is 9.97. The zero-order valence-corrected chi connectivity index (χ0v) is 15.2. The van der Waals surface area contributed by atoms with Gasteiger partial charge < -0.3 is 5.73 Å². The van der Waals surface area contributed by atoms with Crippen LogP contribution in [0.25, 0.3) is 0 Å². The summed E-state index contributed by atoms with van der Waals surface area (Å²) in [5.74, 6) is 0.188. The third-order valence-electron chi connectivity index (χ3n) is 3.57. The highest BCUT2D eigenvalue weighted by Gasteiger charge is 2.17. The van der Waals surface area contributed by atoms with E-state index >= 15 is 0 Å². The van der Waals surface area contributed by atoms with Gasteiger partial charge in [0.05, 0.1) is 16.3 Å². The summed E-state index contributed by atoms with van der Waals surface area (Å²) in [6, 6.07) is 4.94. The number of halogens is 1. The molecule has 5 heteroatoms. The molecule has 120 valence electrons. The van der Waals surface area contributed by atoms with Crippen molar-refractivity contribution in [2.75, 3.05) is 11.5 Å². The molecule has 0 aliphatic carbocycles. The van der Waals surface area contributed by atoms with E-state index in [0.29, 0.717) is 12.1 Å². The summed E-state index contributed by atoms with van der Waals surface area (Å²) in [6.45, 7) is 2.21. The van der Waals surface area contributed by atoms with E-state index in [0.717, 1.165) is 17.3 Å². The topological polar surface area (TPSA) is 60.2 Å². The van der Waals surface area contributed by atoms with Gasteiger partial charge in [-0.15, -0.1) is 0 Å². The third-order valence-corrected chi connectivity index (χ3v) is 5.93. The maximum Gasteiger partial charge on any atom is 0.180 e. The van der Waals surface area contributed by atoms with E-state index < -0.39 is 9.84 Å². The number of unbranched alkanes of at least 4 members (excludes halogenated alkanes) is 7. The van der Waals surface area contributed by atoms with Crippen molar-refractivity contribution in [3.8, 4) is 0 Å². The Morgan fingerprint density at radius 2 is 1.57 bits per heavy atom. The first-order valence-electron chi connectivity index (χ1n) is 7.75. The maximum atomic E-state index is 12.2. The number of sulfone groups is 1. The average Bonchev–Trinajstić information content (AvgIpc) is 2.41. The average molecular weight is 376 g/mol. The van der Waals surface area contributed by atoms with Crippen LogP contribution in [0.4, 0.5) is 5.69 Å². The van der Waals surface area contributed by atoms with Crippen molar-refractivity contribution >= 4 is 31.5 Å². The molecule has 2 N–H and O–H groups in total. The van der Waals surface area contributed by atoms with Crippen LogP contribution in [0.1, 0.15) is 58.3 Å². The van der Waals surface area contributed by atoms with E-state index in [-0.39, 0.29) is 10.6 Å². The van der Waals surface area contributed by atoms with Crippen LogP contribution in [-0.4, -0.2) is 14.2 Å². The van der Waals surface area contributed by atoms with Gasteiger partial charge in [-0.05, 0) is 24.6 Å². The highest BCUT2D eigenvalue weighted by atomic mass is 79.9. The summed E-state index contributed by atoms with van der Waals surface area (Å²) in [4.78, 5) is 0.258. The zero-order chi connectivity index (χ0) is 15.7. The Labute approximate surface area is 137 Å². The van der Waals surface area contributed by atoms with Gasteiger partial charge in [0.2, 0.25) is 0 Å². The quantitative estimate of drug-likeness (QED) is 0.464. The molecule has 0 aromatic heterocycles. The molecule has 0 fully saturated rings. The standard InChI is InChI=1S/C16H26BrNO2S/c1-2-3-4-5-6-7-8-9-12-21(19,20)16-11-10-14(17)13-15(16)18/h10-11,13H,2-9,12,18H2,1H3. The predicted octanol–water partition coefficient (Wildman–Crippen LogP) is 4.95. The second kappa shape index (κ2) is 9.46. The van der Waals surface area contributed by atoms with Gasteiger partial charge in [-0.1, -0.05) is 67.8 Å². The molecular formula is C16H26BrNO2S. The smallest absolute Gasteiger partial charge is 0.180 e. The fourth-order valence-electron chi connectivity index (χ4n) is 2.34. The fourth-order valence-corrected chi connectivity index (χ4v) is 4.21. The number of rotatable bonds is 10. The molecule has 21 heavy (non-hydrogen) atoms. The van der Waals surface area contributed by atoms with E-state index in [1.165, 1.54) is 32.1 Å². The summed E-state index contributed by atoms with van der Waals surface area (Å²) >= 11 is 3.29. The highest BCUT2D eigenvalue weighted by Crippen LogP contribution is 2.24. The minimum Gasteiger partial charge on any atom is -0.398 e. The fraction of sp³-hybridized carbons (Fsp3) is 0.625. The molecule has 1 aromatic carbocycles. The first kappa shape index (κ1) is 18.5. The molecule has 0 amide bonds. The molecule has 0 saturated carbocycles. The lowest BCUT2D eigenvalue weighted by atomic mass is 10.1. The first-order valence-corrected chi connectivity index (χ1v) is 10.2. The number of benzene rings is 1. The van der Waals surface area contributed by atoms with Crippen molar-refractivity contribution in [2.45, 2.75) is 63.2 Å². The summed E-state index contributed by atoms with van der Waals surface area (Å²) in [6.07, 6.45) is 9.14. The van der Waals surface area contributed by atoms with Crippen molar-refractivity contribution in [3.05, 3.63) is 22.7 Å². The molecular weight excluding hydrogens is 350 g/mol. The van der Waals surface area contributed by atoms with Crippen molar-refractivity contribution in [3.63, 3.8) is 0 Å². The molecule has 0 bridgehead atoms. The Morgan fingerprint density at radius 3 is 2.14 bits per heavy atom. The molecule has 1 rings (SSSR count). The largest absolute Gasteiger partial charge is 0.398 e. The van der Waals surface area contributed by atoms with Crippen LogP contribution >= 0.6 is 15.9 Å². The van der Waals surface area contributed by atoms with E-state index in [1.54, 1.807) is 18.2 Å². The normalized spacial score (nSPS) is 11.7. The van der Waals surface area contributed by atoms with E-state index in [4.69, 9.17) is 5.73 Å². The number of hydrogen-bond acceptors (Lipinski definition) is 3. The van der Waals surface area contributed by atoms with Crippen molar-refractivity contribution in [2.24, 2.45) is 0 Å². The van der Waals surface area contributed by atoms with E-state index in [1.807, 2.05) is 0 Å². The Balaban J connectivity index is 2.33. The van der Waals surface area contributed by atoms with Crippen molar-refractivity contribution < 1.29 is 8.42 Å². The summed E-state index contributed by atoms with van der Waals surface area (Å²) in [5.41, 5.74) is 6.12. The Morgan fingerprint density at radius 1 is 1.00 bits per heavy atom. The number of nitrogens with two attached hydrogens (primary N) is 1. The van der Waals surface area contributed by atoms with Crippen molar-refractivity contribution in [1.29, 1.82) is 0 Å². The van der Waals surface area contributed by atoms with Gasteiger partial charge in [-0.3, -0.25) is 0 Å². The van der Waals surface area contributed by atoms with Crippen LogP contribution in [0, 0.1) is 0 Å². The van der Waals surface area contributed by atoms with E-state index in [2.05, 4.69) is 22.9 Å². The monoisotopic (exact) mass is 375 g/mol. The second-order valence-corrected chi connectivity index (χ2v) is 8.47. The molecule has 0 radical (unpaired) electrons. The van der Waals surface area contributed by atoms with Crippen LogP contribution in [0.15, 0.2) is 27.6 Å². The van der Waals surface area contributed by atoms with Crippen LogP contribution in [0.2, 0.25) is 0 Å². The highest BCUT2D eigenvalue weighted by molar-refractivity contribution is 9.10. The van der Waals surface area contributed by atoms with Gasteiger partial charge in [0.1, 0.15) is 0 Å². The van der Waals surface area contributed by atoms with Gasteiger partial charge in [0, 0.05) is 4.47 Å². The lowest BCUT2D eigenvalue weighted by molar-refractivity contribution is 0.572. The summed E-state index contributed by atoms with van der Waals surface area (Å²) < 4.78 is 25.3. The lowest BCUT2D eigenvalue weighted by Crippen LogP contribution is -2.09. The van der Waals surface area contributed by atoms with E-state index in [9.17, 15) is 8.42 Å². The molecule has 0 saturated heterocycles. The SMILES string of the molecule is CCCCCCCCCCS(=O)(=O)c1ccc(Br)cc1N. The third kappa shape index (κ3) is 6.83.